The Labute approximate surface area is 187 Å². The van der Waals surface area contributed by atoms with Crippen LogP contribution in [0.4, 0.5) is 10.1 Å². The van der Waals surface area contributed by atoms with Gasteiger partial charge in [-0.2, -0.15) is 0 Å². The van der Waals surface area contributed by atoms with Crippen LogP contribution in [0.2, 0.25) is 0 Å². The average molecular weight is 439 g/mol. The fraction of sp³-hybridized carbons (Fsp3) is 0.200. The van der Waals surface area contributed by atoms with Gasteiger partial charge in [0.15, 0.2) is 5.78 Å². The Hall–Kier alpha value is -3.02. The fourth-order valence-electron chi connectivity index (χ4n) is 3.89. The summed E-state index contributed by atoms with van der Waals surface area (Å²) in [5, 5.41) is 2.97. The highest BCUT2D eigenvalue weighted by atomic mass is 35.5. The van der Waals surface area contributed by atoms with E-state index in [1.165, 1.54) is 12.1 Å². The molecule has 4 nitrogen and oxygen atoms in total. The number of halogens is 2. The van der Waals surface area contributed by atoms with E-state index in [0.717, 1.165) is 24.9 Å². The van der Waals surface area contributed by atoms with Crippen LogP contribution in [0.3, 0.4) is 0 Å². The summed E-state index contributed by atoms with van der Waals surface area (Å²) in [6.07, 6.45) is 1.67. The third kappa shape index (κ3) is 5.37. The van der Waals surface area contributed by atoms with Crippen LogP contribution in [-0.4, -0.2) is 29.2 Å². The number of hydrogen-bond donors (Lipinski definition) is 1. The monoisotopic (exact) mass is 438 g/mol. The highest BCUT2D eigenvalue weighted by Gasteiger charge is 2.31. The Morgan fingerprint density at radius 1 is 0.935 bits per heavy atom. The zero-order chi connectivity index (χ0) is 20.9. The molecule has 0 bridgehead atoms. The molecular weight excluding hydrogens is 415 g/mol. The van der Waals surface area contributed by atoms with E-state index in [1.807, 2.05) is 24.3 Å². The molecule has 1 N–H and O–H groups in total. The van der Waals surface area contributed by atoms with Gasteiger partial charge in [-0.15, -0.1) is 12.4 Å². The average Bonchev–Trinajstić information content (AvgIpc) is 3.24. The molecule has 31 heavy (non-hydrogen) atoms. The lowest BCUT2D eigenvalue weighted by Gasteiger charge is -2.24. The standard InChI is InChI=1S/C25H23FN2O2.ClH/c26-20-14-12-18(13-15-20)17-28-16-6-11-23(28)25(30)27-22-10-5-4-9-21(22)24(29)19-7-2-1-3-8-19;/h1-5,7-10,12-15,23H,6,11,16-17H2,(H,27,30);1H/t23-;/m0./s1. The van der Waals surface area contributed by atoms with Crippen LogP contribution in [0.1, 0.15) is 34.3 Å². The van der Waals surface area contributed by atoms with Gasteiger partial charge in [-0.25, -0.2) is 4.39 Å². The van der Waals surface area contributed by atoms with Crippen LogP contribution in [0, 0.1) is 5.82 Å². The van der Waals surface area contributed by atoms with Gasteiger partial charge in [-0.05, 0) is 49.2 Å². The zero-order valence-corrected chi connectivity index (χ0v) is 17.8. The molecule has 160 valence electrons. The van der Waals surface area contributed by atoms with Crippen LogP contribution in [0.5, 0.6) is 0 Å². The SMILES string of the molecule is Cl.O=C(c1ccccc1)c1ccccc1NC(=O)[C@@H]1CCCN1Cc1ccc(F)cc1. The molecule has 0 spiro atoms. The van der Waals surface area contributed by atoms with E-state index >= 15 is 0 Å². The highest BCUT2D eigenvalue weighted by Crippen LogP contribution is 2.24. The molecule has 0 aromatic heterocycles. The van der Waals surface area contributed by atoms with E-state index in [0.29, 0.717) is 23.4 Å². The van der Waals surface area contributed by atoms with Crippen molar-refractivity contribution in [3.8, 4) is 0 Å². The first kappa shape index (κ1) is 22.7. The molecule has 6 heteroatoms. The van der Waals surface area contributed by atoms with Crippen molar-refractivity contribution < 1.29 is 14.0 Å². The molecule has 3 aromatic carbocycles. The minimum atomic E-state index is -0.282. The number of benzene rings is 3. The van der Waals surface area contributed by atoms with E-state index in [4.69, 9.17) is 0 Å². The molecule has 1 amide bonds. The van der Waals surface area contributed by atoms with E-state index in [9.17, 15) is 14.0 Å². The van der Waals surface area contributed by atoms with Crippen molar-refractivity contribution in [1.29, 1.82) is 0 Å². The van der Waals surface area contributed by atoms with E-state index < -0.39 is 0 Å². The van der Waals surface area contributed by atoms with Crippen molar-refractivity contribution >= 4 is 29.8 Å². The Morgan fingerprint density at radius 3 is 2.35 bits per heavy atom. The topological polar surface area (TPSA) is 49.4 Å². The Morgan fingerprint density at radius 2 is 1.61 bits per heavy atom. The lowest BCUT2D eigenvalue weighted by atomic mass is 10.0. The summed E-state index contributed by atoms with van der Waals surface area (Å²) < 4.78 is 13.2. The van der Waals surface area contributed by atoms with Crippen LogP contribution in [-0.2, 0) is 11.3 Å². The molecule has 0 radical (unpaired) electrons. The molecule has 4 rings (SSSR count). The molecule has 1 atom stereocenters. The number of amides is 1. The molecule has 0 unspecified atom stereocenters. The molecule has 1 saturated heterocycles. The second-order valence-electron chi connectivity index (χ2n) is 7.48. The number of nitrogens with one attached hydrogen (secondary N) is 1. The van der Waals surface area contributed by atoms with Gasteiger partial charge in [0.25, 0.3) is 0 Å². The van der Waals surface area contributed by atoms with E-state index in [1.54, 1.807) is 42.5 Å². The van der Waals surface area contributed by atoms with Gasteiger partial charge in [0.2, 0.25) is 5.91 Å². The van der Waals surface area contributed by atoms with Gasteiger partial charge in [0.05, 0.1) is 11.7 Å². The van der Waals surface area contributed by atoms with E-state index in [2.05, 4.69) is 10.2 Å². The molecule has 3 aromatic rings. The maximum Gasteiger partial charge on any atom is 0.241 e. The third-order valence-corrected chi connectivity index (χ3v) is 5.43. The normalized spacial score (nSPS) is 15.8. The van der Waals surface area contributed by atoms with Crippen LogP contribution < -0.4 is 5.32 Å². The molecule has 1 heterocycles. The van der Waals surface area contributed by atoms with Gasteiger partial charge in [0, 0.05) is 17.7 Å². The van der Waals surface area contributed by atoms with Gasteiger partial charge >= 0.3 is 0 Å². The number of anilines is 1. The predicted molar refractivity (Wildman–Crippen MR) is 122 cm³/mol. The number of hydrogen-bond acceptors (Lipinski definition) is 3. The van der Waals surface area contributed by atoms with Crippen molar-refractivity contribution in [1.82, 2.24) is 4.90 Å². The molecule has 1 aliphatic heterocycles. The second-order valence-corrected chi connectivity index (χ2v) is 7.48. The zero-order valence-electron chi connectivity index (χ0n) is 17.0. The number of carbonyl (C=O) groups is 2. The fourth-order valence-corrected chi connectivity index (χ4v) is 3.89. The summed E-state index contributed by atoms with van der Waals surface area (Å²) in [6.45, 7) is 1.39. The number of rotatable bonds is 6. The Balaban J connectivity index is 0.00000272. The first-order valence-corrected chi connectivity index (χ1v) is 10.1. The van der Waals surface area contributed by atoms with Crippen LogP contribution in [0.15, 0.2) is 78.9 Å². The first-order chi connectivity index (χ1) is 14.6. The summed E-state index contributed by atoms with van der Waals surface area (Å²) >= 11 is 0. The smallest absolute Gasteiger partial charge is 0.241 e. The quantitative estimate of drug-likeness (QED) is 0.546. The number of likely N-dealkylation sites (tertiary alicyclic amines) is 1. The van der Waals surface area contributed by atoms with Crippen molar-refractivity contribution in [3.05, 3.63) is 101 Å². The predicted octanol–water partition coefficient (Wildman–Crippen LogP) is 5.08. The minimum Gasteiger partial charge on any atom is -0.324 e. The van der Waals surface area contributed by atoms with Crippen molar-refractivity contribution in [2.24, 2.45) is 0 Å². The first-order valence-electron chi connectivity index (χ1n) is 10.1. The van der Waals surface area contributed by atoms with E-state index in [-0.39, 0.29) is 36.0 Å². The maximum atomic E-state index is 13.2. The highest BCUT2D eigenvalue weighted by molar-refractivity contribution is 6.14. The number of carbonyl (C=O) groups excluding carboxylic acids is 2. The van der Waals surface area contributed by atoms with Crippen LogP contribution >= 0.6 is 12.4 Å². The second kappa shape index (κ2) is 10.3. The third-order valence-electron chi connectivity index (χ3n) is 5.43. The minimum absolute atomic E-state index is 0. The number of ketones is 1. The van der Waals surface area contributed by atoms with Gasteiger partial charge in [-0.3, -0.25) is 14.5 Å². The number of para-hydroxylation sites is 1. The van der Waals surface area contributed by atoms with Crippen molar-refractivity contribution in [2.75, 3.05) is 11.9 Å². The molecule has 1 fully saturated rings. The summed E-state index contributed by atoms with van der Waals surface area (Å²) in [4.78, 5) is 28.1. The van der Waals surface area contributed by atoms with Gasteiger partial charge < -0.3 is 5.32 Å². The summed E-state index contributed by atoms with van der Waals surface area (Å²) in [5.74, 6) is -0.516. The maximum absolute atomic E-state index is 13.2. The summed E-state index contributed by atoms with van der Waals surface area (Å²) in [7, 11) is 0. The summed E-state index contributed by atoms with van der Waals surface area (Å²) in [5.41, 5.74) is 2.54. The van der Waals surface area contributed by atoms with Crippen LogP contribution in [0.25, 0.3) is 0 Å². The summed E-state index contributed by atoms with van der Waals surface area (Å²) in [6, 6.07) is 22.2. The molecule has 0 aliphatic carbocycles. The number of nitrogens with zero attached hydrogens (tertiary/aromatic N) is 1. The van der Waals surface area contributed by atoms with Crippen molar-refractivity contribution in [3.63, 3.8) is 0 Å². The lowest BCUT2D eigenvalue weighted by molar-refractivity contribution is -0.120. The Bertz CT molecular complexity index is 1040. The van der Waals surface area contributed by atoms with Crippen molar-refractivity contribution in [2.45, 2.75) is 25.4 Å². The molecule has 0 saturated carbocycles. The van der Waals surface area contributed by atoms with Gasteiger partial charge in [-0.1, -0.05) is 54.6 Å². The Kier molecular flexibility index (Phi) is 7.55. The lowest BCUT2D eigenvalue weighted by Crippen LogP contribution is -2.39. The largest absolute Gasteiger partial charge is 0.324 e. The molecular formula is C25H24ClFN2O2. The van der Waals surface area contributed by atoms with Gasteiger partial charge in [0.1, 0.15) is 5.82 Å². The molecule has 1 aliphatic rings.